The molecule has 270 valence electrons. The Labute approximate surface area is 317 Å². The first-order valence-corrected chi connectivity index (χ1v) is 20.7. The Morgan fingerprint density at radius 1 is 0.962 bits per heavy atom. The van der Waals surface area contributed by atoms with Gasteiger partial charge in [0.15, 0.2) is 10.3 Å². The predicted octanol–water partition coefficient (Wildman–Crippen LogP) is 5.93. The third kappa shape index (κ3) is 9.03. The molecule has 5 heterocycles. The molecule has 14 heteroatoms. The van der Waals surface area contributed by atoms with Crippen molar-refractivity contribution in [2.24, 2.45) is 9.98 Å². The minimum Gasteiger partial charge on any atom is -0.352 e. The van der Waals surface area contributed by atoms with Gasteiger partial charge in [-0.3, -0.25) is 24.6 Å². The largest absolute Gasteiger partial charge is 0.352 e. The quantitative estimate of drug-likeness (QED) is 0.191. The maximum absolute atomic E-state index is 12.0. The Kier molecular flexibility index (Phi) is 11.2. The number of amides is 1. The van der Waals surface area contributed by atoms with E-state index in [1.807, 2.05) is 41.3 Å². The Bertz CT molecular complexity index is 1900. The molecule has 1 fully saturated rings. The summed E-state index contributed by atoms with van der Waals surface area (Å²) in [6.45, 7) is 6.74. The summed E-state index contributed by atoms with van der Waals surface area (Å²) in [6.07, 6.45) is 10.0. The van der Waals surface area contributed by atoms with E-state index in [0.717, 1.165) is 84.6 Å². The summed E-state index contributed by atoms with van der Waals surface area (Å²) in [5, 5.41) is 12.4. The van der Waals surface area contributed by atoms with Crippen LogP contribution in [0.1, 0.15) is 76.0 Å². The fraction of sp³-hybridized carbons (Fsp3) is 0.421. The van der Waals surface area contributed by atoms with Crippen LogP contribution in [-0.2, 0) is 36.6 Å². The smallest absolute Gasteiger partial charge is 0.220 e. The molecule has 52 heavy (non-hydrogen) atoms. The van der Waals surface area contributed by atoms with Gasteiger partial charge in [-0.1, -0.05) is 59.9 Å². The number of aromatic nitrogens is 3. The number of pyridine rings is 2. The second-order valence-corrected chi connectivity index (χ2v) is 16.9. The maximum Gasteiger partial charge on any atom is 0.220 e. The molecule has 11 nitrogen and oxygen atoms in total. The zero-order chi connectivity index (χ0) is 35.3. The van der Waals surface area contributed by atoms with Crippen LogP contribution in [0.5, 0.6) is 0 Å². The van der Waals surface area contributed by atoms with Crippen LogP contribution in [0.25, 0.3) is 0 Å². The molecule has 0 spiro atoms. The van der Waals surface area contributed by atoms with Gasteiger partial charge in [0.1, 0.15) is 5.01 Å². The van der Waals surface area contributed by atoms with Crippen molar-refractivity contribution in [3.63, 3.8) is 0 Å². The number of rotatable bonds is 11. The van der Waals surface area contributed by atoms with Crippen LogP contribution < -0.4 is 10.6 Å². The van der Waals surface area contributed by atoms with Gasteiger partial charge in [0.05, 0.1) is 38.9 Å². The Morgan fingerprint density at radius 2 is 1.75 bits per heavy atom. The van der Waals surface area contributed by atoms with Gasteiger partial charge >= 0.3 is 0 Å². The van der Waals surface area contributed by atoms with E-state index in [-0.39, 0.29) is 5.91 Å². The lowest BCUT2D eigenvalue weighted by Crippen LogP contribution is -2.41. The van der Waals surface area contributed by atoms with E-state index < -0.39 is 0 Å². The van der Waals surface area contributed by atoms with Crippen molar-refractivity contribution in [2.75, 3.05) is 26.7 Å². The highest BCUT2D eigenvalue weighted by Gasteiger charge is 2.32. The lowest BCUT2D eigenvalue weighted by atomic mass is 9.81. The van der Waals surface area contributed by atoms with Crippen LogP contribution in [0.3, 0.4) is 0 Å². The molecular formula is C38H44N10OS3. The third-order valence-corrected chi connectivity index (χ3v) is 12.9. The van der Waals surface area contributed by atoms with Crippen LogP contribution in [0.2, 0.25) is 0 Å². The molecular weight excluding hydrogens is 709 g/mol. The van der Waals surface area contributed by atoms with E-state index in [1.165, 1.54) is 22.3 Å². The van der Waals surface area contributed by atoms with Crippen molar-refractivity contribution in [1.82, 2.24) is 40.3 Å². The van der Waals surface area contributed by atoms with Crippen LogP contribution >= 0.6 is 34.9 Å². The van der Waals surface area contributed by atoms with Crippen molar-refractivity contribution < 1.29 is 4.79 Å². The van der Waals surface area contributed by atoms with Crippen molar-refractivity contribution in [2.45, 2.75) is 75.2 Å². The number of carbonyl (C=O) groups is 1. The number of aliphatic imine (C=N–C) groups is 2. The third-order valence-electron chi connectivity index (χ3n) is 9.81. The lowest BCUT2D eigenvalue weighted by molar-refractivity contribution is -0.130. The number of fused-ring (bicyclic) bond motifs is 1. The van der Waals surface area contributed by atoms with Gasteiger partial charge in [-0.25, -0.2) is 15.0 Å². The van der Waals surface area contributed by atoms with Crippen molar-refractivity contribution >= 4 is 51.1 Å². The normalized spacial score (nSPS) is 20.6. The molecule has 2 N–H and O–H groups in total. The Balaban J connectivity index is 0.821. The van der Waals surface area contributed by atoms with Gasteiger partial charge < -0.3 is 15.5 Å². The van der Waals surface area contributed by atoms with Crippen LogP contribution in [0.4, 0.5) is 0 Å². The zero-order valence-corrected chi connectivity index (χ0v) is 31.8. The number of nitrogens with zero attached hydrogens (tertiary/aromatic N) is 8. The monoisotopic (exact) mass is 752 g/mol. The maximum atomic E-state index is 12.0. The summed E-state index contributed by atoms with van der Waals surface area (Å²) in [6, 6.07) is 17.8. The lowest BCUT2D eigenvalue weighted by Gasteiger charge is -2.33. The molecule has 4 aliphatic rings. The molecule has 0 saturated heterocycles. The molecule has 1 saturated carbocycles. The molecule has 2 atom stereocenters. The minimum atomic E-state index is 0.138. The SMILES string of the molecule is CC(=O)N(Cc1nc(CSC2=NCN(Cc3ccc(C4Cc5ccccc5C(SC5=NCN(Cc6cccnc6)CN5)C4)nc3)CN2)cs1)C1CC1. The second kappa shape index (κ2) is 16.5. The number of thioether (sulfide) groups is 2. The van der Waals surface area contributed by atoms with Gasteiger partial charge in [0.2, 0.25) is 5.91 Å². The molecule has 1 aromatic carbocycles. The zero-order valence-electron chi connectivity index (χ0n) is 29.4. The first kappa shape index (κ1) is 35.2. The van der Waals surface area contributed by atoms with E-state index in [2.05, 4.69) is 73.3 Å². The molecule has 2 aliphatic heterocycles. The second-order valence-electron chi connectivity index (χ2n) is 13.8. The first-order chi connectivity index (χ1) is 25.5. The van der Waals surface area contributed by atoms with E-state index in [9.17, 15) is 4.79 Å². The molecule has 3 aromatic heterocycles. The average Bonchev–Trinajstić information content (AvgIpc) is 3.92. The van der Waals surface area contributed by atoms with Crippen molar-refractivity contribution in [3.05, 3.63) is 111 Å². The number of carbonyl (C=O) groups excluding carboxylic acids is 1. The van der Waals surface area contributed by atoms with Gasteiger partial charge in [-0.2, -0.15) is 0 Å². The molecule has 2 aliphatic carbocycles. The fourth-order valence-corrected chi connectivity index (χ4v) is 9.85. The minimum absolute atomic E-state index is 0.138. The van der Waals surface area contributed by atoms with E-state index in [0.29, 0.717) is 37.1 Å². The molecule has 4 aromatic rings. The molecule has 0 radical (unpaired) electrons. The summed E-state index contributed by atoms with van der Waals surface area (Å²) in [4.78, 5) is 42.3. The van der Waals surface area contributed by atoms with Crippen LogP contribution in [0.15, 0.2) is 82.5 Å². The molecule has 0 bridgehead atoms. The fourth-order valence-electron chi connectivity index (χ4n) is 6.97. The molecule has 1 amide bonds. The van der Waals surface area contributed by atoms with Gasteiger partial charge in [-0.05, 0) is 60.1 Å². The number of benzene rings is 1. The summed E-state index contributed by atoms with van der Waals surface area (Å²) in [5.74, 6) is 1.25. The van der Waals surface area contributed by atoms with Crippen LogP contribution in [0, 0.1) is 0 Å². The number of hydrogen-bond acceptors (Lipinski definition) is 13. The van der Waals surface area contributed by atoms with Crippen molar-refractivity contribution in [1.29, 1.82) is 0 Å². The number of thiazole rings is 1. The molecule has 2 unspecified atom stereocenters. The van der Waals surface area contributed by atoms with Gasteiger partial charge in [0.25, 0.3) is 0 Å². The summed E-state index contributed by atoms with van der Waals surface area (Å²) < 4.78 is 0. The summed E-state index contributed by atoms with van der Waals surface area (Å²) in [5.41, 5.74) is 7.41. The standard InChI is InChI=1S/C38H44N10OS3/c1-26(49)48(32-9-10-32)19-36-45-31(20-50-36)21-51-37-41-22-47(23-42-37)18-28-8-11-34(40-16-28)30-13-29-6-2-3-7-33(29)35(14-30)52-38-43-24-46(25-44-38)17-27-5-4-12-39-15-27/h2-8,11-12,15-16,20,30,32,35H,9-10,13-14,17-19,21-25H2,1H3,(H,41,42)(H,43,44). The molecule has 8 rings (SSSR count). The summed E-state index contributed by atoms with van der Waals surface area (Å²) in [7, 11) is 0. The van der Waals surface area contributed by atoms with Crippen LogP contribution in [-0.4, -0.2) is 78.6 Å². The van der Waals surface area contributed by atoms with Crippen molar-refractivity contribution in [3.8, 4) is 0 Å². The average molecular weight is 753 g/mol. The van der Waals surface area contributed by atoms with Gasteiger partial charge in [0, 0.05) is 72.6 Å². The first-order valence-electron chi connectivity index (χ1n) is 17.9. The van der Waals surface area contributed by atoms with E-state index in [4.69, 9.17) is 20.0 Å². The van der Waals surface area contributed by atoms with Gasteiger partial charge in [-0.15, -0.1) is 11.3 Å². The highest BCUT2D eigenvalue weighted by molar-refractivity contribution is 8.14. The van der Waals surface area contributed by atoms with E-state index >= 15 is 0 Å². The Hall–Kier alpha value is -3.82. The number of hydrogen-bond donors (Lipinski definition) is 2. The summed E-state index contributed by atoms with van der Waals surface area (Å²) >= 11 is 5.18. The number of amidine groups is 2. The highest BCUT2D eigenvalue weighted by atomic mass is 32.2. The highest BCUT2D eigenvalue weighted by Crippen LogP contribution is 2.45. The topological polar surface area (TPSA) is 114 Å². The van der Waals surface area contributed by atoms with E-state index in [1.54, 1.807) is 30.0 Å². The number of nitrogens with one attached hydrogen (secondary N) is 2. The Morgan fingerprint density at radius 3 is 2.44 bits per heavy atom. The predicted molar refractivity (Wildman–Crippen MR) is 211 cm³/mol.